The Labute approximate surface area is 185 Å². The molecule has 4 heterocycles. The zero-order chi connectivity index (χ0) is 22.2. The Hall–Kier alpha value is -3.93. The summed E-state index contributed by atoms with van der Waals surface area (Å²) in [4.78, 5) is 54.8. The van der Waals surface area contributed by atoms with Gasteiger partial charge in [-0.2, -0.15) is 0 Å². The second kappa shape index (κ2) is 7.96. The maximum Gasteiger partial charge on any atom is 0.255 e. The highest BCUT2D eigenvalue weighted by molar-refractivity contribution is 7.07. The van der Waals surface area contributed by atoms with Gasteiger partial charge in [-0.15, -0.1) is 16.4 Å². The molecule has 162 valence electrons. The van der Waals surface area contributed by atoms with Crippen molar-refractivity contribution in [3.05, 3.63) is 46.4 Å². The highest BCUT2D eigenvalue weighted by Gasteiger charge is 2.39. The van der Waals surface area contributed by atoms with Crippen LogP contribution in [-0.4, -0.2) is 54.5 Å². The van der Waals surface area contributed by atoms with Gasteiger partial charge < -0.3 is 10.2 Å². The average molecular weight is 451 g/mol. The number of thiazole rings is 1. The van der Waals surface area contributed by atoms with Crippen LogP contribution in [0.25, 0.3) is 11.4 Å². The van der Waals surface area contributed by atoms with Crippen LogP contribution in [0.3, 0.4) is 0 Å². The number of nitrogens with zero attached hydrogens (tertiary/aromatic N) is 5. The molecule has 2 aliphatic rings. The predicted octanol–water partition coefficient (Wildman–Crippen LogP) is 0.801. The van der Waals surface area contributed by atoms with Gasteiger partial charge in [0.2, 0.25) is 17.7 Å². The monoisotopic (exact) mass is 451 g/mol. The number of imide groups is 1. The molecule has 2 aromatic heterocycles. The topological polar surface area (TPSA) is 139 Å². The molecular weight excluding hydrogens is 434 g/mol. The maximum absolute atomic E-state index is 12.9. The first-order valence-corrected chi connectivity index (χ1v) is 10.8. The molecule has 3 aromatic rings. The van der Waals surface area contributed by atoms with E-state index >= 15 is 0 Å². The highest BCUT2D eigenvalue weighted by atomic mass is 32.1. The summed E-state index contributed by atoms with van der Waals surface area (Å²) in [5.74, 6) is -1.45. The molecular formula is C20H17N7O4S. The molecule has 0 radical (unpaired) electrons. The van der Waals surface area contributed by atoms with E-state index in [1.54, 1.807) is 29.9 Å². The maximum atomic E-state index is 12.9. The molecule has 1 fully saturated rings. The lowest BCUT2D eigenvalue weighted by Crippen LogP contribution is -2.52. The summed E-state index contributed by atoms with van der Waals surface area (Å²) in [6.45, 7) is 0.111. The summed E-state index contributed by atoms with van der Waals surface area (Å²) in [7, 11) is 0. The van der Waals surface area contributed by atoms with E-state index in [4.69, 9.17) is 0 Å². The Morgan fingerprint density at radius 3 is 2.91 bits per heavy atom. The number of nitrogens with one attached hydrogen (secondary N) is 2. The Morgan fingerprint density at radius 2 is 2.12 bits per heavy atom. The Kier molecular flexibility index (Phi) is 4.98. The van der Waals surface area contributed by atoms with Crippen LogP contribution in [0.2, 0.25) is 0 Å². The molecule has 5 rings (SSSR count). The van der Waals surface area contributed by atoms with Crippen molar-refractivity contribution in [3.8, 4) is 11.4 Å². The molecule has 1 atom stereocenters. The van der Waals surface area contributed by atoms with Crippen molar-refractivity contribution in [2.24, 2.45) is 0 Å². The van der Waals surface area contributed by atoms with Gasteiger partial charge in [0, 0.05) is 35.2 Å². The van der Waals surface area contributed by atoms with Crippen molar-refractivity contribution < 1.29 is 19.2 Å². The molecule has 1 saturated heterocycles. The van der Waals surface area contributed by atoms with Gasteiger partial charge in [-0.25, -0.2) is 9.67 Å². The molecule has 1 aromatic carbocycles. The van der Waals surface area contributed by atoms with Crippen LogP contribution in [0.5, 0.6) is 0 Å². The van der Waals surface area contributed by atoms with E-state index < -0.39 is 11.9 Å². The largest absolute Gasteiger partial charge is 0.324 e. The Morgan fingerprint density at radius 1 is 1.25 bits per heavy atom. The van der Waals surface area contributed by atoms with Crippen molar-refractivity contribution in [1.82, 2.24) is 30.2 Å². The second-order valence-corrected chi connectivity index (χ2v) is 8.17. The van der Waals surface area contributed by atoms with Crippen LogP contribution in [0.15, 0.2) is 35.3 Å². The lowest BCUT2D eigenvalue weighted by Gasteiger charge is -2.29. The van der Waals surface area contributed by atoms with Gasteiger partial charge in [0.15, 0.2) is 0 Å². The quantitative estimate of drug-likeness (QED) is 0.547. The molecule has 11 nitrogen and oxygen atoms in total. The predicted molar refractivity (Wildman–Crippen MR) is 112 cm³/mol. The molecule has 4 amide bonds. The normalized spacial score (nSPS) is 17.9. The molecule has 2 N–H and O–H groups in total. The number of carbonyl (C=O) groups excluding carboxylic acids is 4. The summed E-state index contributed by atoms with van der Waals surface area (Å²) >= 11 is 1.44. The average Bonchev–Trinajstić information content (AvgIpc) is 3.50. The molecule has 0 bridgehead atoms. The first-order chi connectivity index (χ1) is 15.5. The van der Waals surface area contributed by atoms with Gasteiger partial charge in [0.05, 0.1) is 11.7 Å². The fourth-order valence-electron chi connectivity index (χ4n) is 3.87. The van der Waals surface area contributed by atoms with Crippen molar-refractivity contribution in [2.45, 2.75) is 32.0 Å². The van der Waals surface area contributed by atoms with E-state index in [2.05, 4.69) is 25.9 Å². The lowest BCUT2D eigenvalue weighted by atomic mass is 10.0. The SMILES string of the molecule is O=C1CCC(N2Cc3c(NC(=O)Cn4cc(-c5cscn5)nn4)cccc3C2=O)C(=O)N1. The molecule has 0 aliphatic carbocycles. The molecule has 0 saturated carbocycles. The van der Waals surface area contributed by atoms with E-state index in [9.17, 15) is 19.2 Å². The van der Waals surface area contributed by atoms with Gasteiger partial charge in [0.1, 0.15) is 24.0 Å². The van der Waals surface area contributed by atoms with Crippen molar-refractivity contribution in [1.29, 1.82) is 0 Å². The smallest absolute Gasteiger partial charge is 0.255 e. The van der Waals surface area contributed by atoms with Gasteiger partial charge in [-0.05, 0) is 18.6 Å². The number of hydrogen-bond acceptors (Lipinski definition) is 8. The number of fused-ring (bicyclic) bond motifs is 1. The number of amides is 4. The van der Waals surface area contributed by atoms with Crippen molar-refractivity contribution in [2.75, 3.05) is 5.32 Å². The number of aromatic nitrogens is 4. The van der Waals surface area contributed by atoms with Gasteiger partial charge in [-0.1, -0.05) is 11.3 Å². The number of anilines is 1. The van der Waals surface area contributed by atoms with Crippen molar-refractivity contribution >= 4 is 40.7 Å². The van der Waals surface area contributed by atoms with E-state index in [-0.39, 0.29) is 43.7 Å². The first-order valence-electron chi connectivity index (χ1n) is 9.84. The summed E-state index contributed by atoms with van der Waals surface area (Å²) in [6.07, 6.45) is 2.10. The van der Waals surface area contributed by atoms with E-state index in [0.29, 0.717) is 28.2 Å². The summed E-state index contributed by atoms with van der Waals surface area (Å²) in [5, 5.41) is 14.9. The number of hydrogen-bond donors (Lipinski definition) is 2. The molecule has 12 heteroatoms. The van der Waals surface area contributed by atoms with Crippen LogP contribution in [0, 0.1) is 0 Å². The minimum atomic E-state index is -0.713. The van der Waals surface area contributed by atoms with Crippen LogP contribution in [-0.2, 0) is 27.5 Å². The third kappa shape index (κ3) is 3.64. The lowest BCUT2D eigenvalue weighted by molar-refractivity contribution is -0.137. The molecule has 1 unspecified atom stereocenters. The first kappa shape index (κ1) is 20.0. The van der Waals surface area contributed by atoms with Gasteiger partial charge in [-0.3, -0.25) is 24.5 Å². The minimum absolute atomic E-state index is 0.0639. The molecule has 0 spiro atoms. The zero-order valence-electron chi connectivity index (χ0n) is 16.6. The van der Waals surface area contributed by atoms with Crippen LogP contribution >= 0.6 is 11.3 Å². The van der Waals surface area contributed by atoms with Crippen LogP contribution < -0.4 is 10.6 Å². The number of benzene rings is 1. The van der Waals surface area contributed by atoms with Gasteiger partial charge >= 0.3 is 0 Å². The van der Waals surface area contributed by atoms with Crippen molar-refractivity contribution in [3.63, 3.8) is 0 Å². The summed E-state index contributed by atoms with van der Waals surface area (Å²) < 4.78 is 1.41. The van der Waals surface area contributed by atoms with E-state index in [0.717, 1.165) is 0 Å². The van der Waals surface area contributed by atoms with E-state index in [1.165, 1.54) is 20.9 Å². The van der Waals surface area contributed by atoms with Crippen LogP contribution in [0.1, 0.15) is 28.8 Å². The Bertz CT molecular complexity index is 1240. The fourth-order valence-corrected chi connectivity index (χ4v) is 4.42. The van der Waals surface area contributed by atoms with E-state index in [1.807, 2.05) is 5.38 Å². The standard InChI is InChI=1S/C20H17N7O4S/c28-17-5-4-16(19(30)23-17)27-6-12-11(20(27)31)2-1-3-13(12)22-18(29)8-26-7-14(24-25-26)15-9-32-10-21-15/h1-3,7,9-10,16H,4-6,8H2,(H,22,29)(H,23,28,30). The second-order valence-electron chi connectivity index (χ2n) is 7.45. The number of piperidine rings is 1. The fraction of sp³-hybridized carbons (Fsp3) is 0.250. The van der Waals surface area contributed by atoms with Gasteiger partial charge in [0.25, 0.3) is 5.91 Å². The third-order valence-electron chi connectivity index (χ3n) is 5.40. The van der Waals surface area contributed by atoms with Crippen LogP contribution in [0.4, 0.5) is 5.69 Å². The molecule has 2 aliphatic heterocycles. The Balaban J connectivity index is 1.30. The number of rotatable bonds is 5. The minimum Gasteiger partial charge on any atom is -0.324 e. The highest BCUT2D eigenvalue weighted by Crippen LogP contribution is 2.32. The third-order valence-corrected chi connectivity index (χ3v) is 5.98. The summed E-state index contributed by atoms with van der Waals surface area (Å²) in [6, 6.07) is 4.34. The molecule has 32 heavy (non-hydrogen) atoms. The zero-order valence-corrected chi connectivity index (χ0v) is 17.5. The number of carbonyl (C=O) groups is 4. The summed E-state index contributed by atoms with van der Waals surface area (Å²) in [5.41, 5.74) is 4.52.